The Bertz CT molecular complexity index is 660. The van der Waals surface area contributed by atoms with Gasteiger partial charge in [-0.15, -0.1) is 0 Å². The molecule has 3 rings (SSSR count). The van der Waals surface area contributed by atoms with Crippen LogP contribution < -0.4 is 0 Å². The maximum atomic E-state index is 12.6. The number of carbonyl (C=O) groups is 1. The first kappa shape index (κ1) is 13.8. The van der Waals surface area contributed by atoms with Crippen molar-refractivity contribution in [3.8, 4) is 0 Å². The van der Waals surface area contributed by atoms with Gasteiger partial charge in [-0.2, -0.15) is 5.10 Å². The second-order valence-electron chi connectivity index (χ2n) is 5.36. The summed E-state index contributed by atoms with van der Waals surface area (Å²) in [4.78, 5) is 21.9. The molecule has 1 aliphatic heterocycles. The molecule has 2 aromatic rings. The number of imidazole rings is 1. The highest BCUT2D eigenvalue weighted by Gasteiger charge is 2.29. The molecule has 1 aliphatic rings. The Morgan fingerprint density at radius 2 is 2.29 bits per heavy atom. The van der Waals surface area contributed by atoms with Crippen molar-refractivity contribution in [2.24, 2.45) is 7.05 Å². The van der Waals surface area contributed by atoms with Gasteiger partial charge >= 0.3 is 0 Å². The Balaban J connectivity index is 1.77. The van der Waals surface area contributed by atoms with E-state index in [1.165, 1.54) is 0 Å². The second kappa shape index (κ2) is 5.33. The summed E-state index contributed by atoms with van der Waals surface area (Å²) in [6.45, 7) is 5.39. The highest BCUT2D eigenvalue weighted by Crippen LogP contribution is 2.21. The lowest BCUT2D eigenvalue weighted by Gasteiger charge is -2.32. The molecule has 7 nitrogen and oxygen atoms in total. The van der Waals surface area contributed by atoms with Gasteiger partial charge in [-0.1, -0.05) is 0 Å². The van der Waals surface area contributed by atoms with Gasteiger partial charge in [-0.3, -0.25) is 9.48 Å². The van der Waals surface area contributed by atoms with E-state index in [1.54, 1.807) is 22.0 Å². The van der Waals surface area contributed by atoms with E-state index < -0.39 is 0 Å². The first-order chi connectivity index (χ1) is 10.0. The van der Waals surface area contributed by atoms with Crippen molar-refractivity contribution in [2.45, 2.75) is 20.0 Å². The zero-order chi connectivity index (χ0) is 15.0. The van der Waals surface area contributed by atoms with Crippen LogP contribution in [0.2, 0.25) is 0 Å². The molecule has 0 aromatic carbocycles. The molecule has 1 saturated heterocycles. The molecule has 0 spiro atoms. The van der Waals surface area contributed by atoms with Gasteiger partial charge in [0.2, 0.25) is 0 Å². The second-order valence-corrected chi connectivity index (χ2v) is 5.36. The molecule has 1 fully saturated rings. The fraction of sp³-hybridized carbons (Fsp3) is 0.500. The topological polar surface area (TPSA) is 76.0 Å². The van der Waals surface area contributed by atoms with Crippen molar-refractivity contribution in [1.82, 2.24) is 24.6 Å². The maximum Gasteiger partial charge on any atom is 0.257 e. The zero-order valence-corrected chi connectivity index (χ0v) is 12.5. The van der Waals surface area contributed by atoms with E-state index >= 15 is 0 Å². The number of nitrogens with zero attached hydrogens (tertiary/aromatic N) is 4. The van der Waals surface area contributed by atoms with E-state index in [0.717, 1.165) is 17.2 Å². The number of aryl methyl sites for hydroxylation is 3. The third kappa shape index (κ3) is 2.69. The molecule has 1 atom stereocenters. The average Bonchev–Trinajstić information content (AvgIpc) is 3.04. The third-order valence-corrected chi connectivity index (χ3v) is 3.63. The smallest absolute Gasteiger partial charge is 0.257 e. The van der Waals surface area contributed by atoms with Crippen LogP contribution in [0.15, 0.2) is 12.4 Å². The number of nitrogens with one attached hydrogen (secondary N) is 1. The van der Waals surface area contributed by atoms with Gasteiger partial charge < -0.3 is 14.6 Å². The van der Waals surface area contributed by atoms with Crippen LogP contribution in [0, 0.1) is 13.8 Å². The van der Waals surface area contributed by atoms with Crippen molar-refractivity contribution >= 4 is 5.91 Å². The summed E-state index contributed by atoms with van der Waals surface area (Å²) in [5, 5.41) is 4.23. The fourth-order valence-corrected chi connectivity index (χ4v) is 2.58. The maximum absolute atomic E-state index is 12.6. The number of carbonyl (C=O) groups excluding carboxylic acids is 1. The van der Waals surface area contributed by atoms with E-state index in [4.69, 9.17) is 4.74 Å². The molecular formula is C14H19N5O2. The predicted octanol–water partition coefficient (Wildman–Crippen LogP) is 0.974. The summed E-state index contributed by atoms with van der Waals surface area (Å²) < 4.78 is 7.38. The molecule has 0 unspecified atom stereocenters. The minimum atomic E-state index is -0.201. The van der Waals surface area contributed by atoms with Crippen LogP contribution in [0.1, 0.15) is 33.7 Å². The molecule has 3 heterocycles. The van der Waals surface area contributed by atoms with Crippen molar-refractivity contribution < 1.29 is 9.53 Å². The largest absolute Gasteiger partial charge is 0.367 e. The van der Waals surface area contributed by atoms with Crippen LogP contribution in [0.4, 0.5) is 0 Å². The molecule has 112 valence electrons. The van der Waals surface area contributed by atoms with Crippen LogP contribution in [0.3, 0.4) is 0 Å². The summed E-state index contributed by atoms with van der Waals surface area (Å²) in [7, 11) is 1.82. The first-order valence-corrected chi connectivity index (χ1v) is 6.97. The van der Waals surface area contributed by atoms with E-state index in [0.29, 0.717) is 25.3 Å². The van der Waals surface area contributed by atoms with Gasteiger partial charge in [0.05, 0.1) is 24.4 Å². The number of aromatic amines is 1. The van der Waals surface area contributed by atoms with Crippen molar-refractivity contribution in [2.75, 3.05) is 19.7 Å². The molecule has 1 amide bonds. The molecule has 7 heteroatoms. The quantitative estimate of drug-likeness (QED) is 0.894. The van der Waals surface area contributed by atoms with Crippen LogP contribution in [-0.4, -0.2) is 50.3 Å². The van der Waals surface area contributed by atoms with Crippen molar-refractivity contribution in [3.63, 3.8) is 0 Å². The van der Waals surface area contributed by atoms with Crippen LogP contribution in [0.25, 0.3) is 0 Å². The number of hydrogen-bond donors (Lipinski definition) is 1. The van der Waals surface area contributed by atoms with E-state index in [-0.39, 0.29) is 12.0 Å². The molecular weight excluding hydrogens is 270 g/mol. The van der Waals surface area contributed by atoms with Gasteiger partial charge in [-0.25, -0.2) is 4.98 Å². The summed E-state index contributed by atoms with van der Waals surface area (Å²) in [6, 6.07) is 0. The molecule has 2 aromatic heterocycles. The van der Waals surface area contributed by atoms with E-state index in [9.17, 15) is 4.79 Å². The number of aromatic nitrogens is 4. The molecule has 1 N–H and O–H groups in total. The number of hydrogen-bond acceptors (Lipinski definition) is 4. The van der Waals surface area contributed by atoms with Gasteiger partial charge in [0.15, 0.2) is 0 Å². The van der Waals surface area contributed by atoms with E-state index in [1.807, 2.05) is 20.9 Å². The lowest BCUT2D eigenvalue weighted by molar-refractivity contribution is -0.0265. The number of morpholine rings is 1. The molecule has 0 aliphatic carbocycles. The molecule has 21 heavy (non-hydrogen) atoms. The Kier molecular flexibility index (Phi) is 3.50. The Hall–Kier alpha value is -2.15. The average molecular weight is 289 g/mol. The van der Waals surface area contributed by atoms with E-state index in [2.05, 4.69) is 15.1 Å². The number of ether oxygens (including phenoxy) is 1. The Morgan fingerprint density at radius 3 is 2.90 bits per heavy atom. The number of rotatable bonds is 2. The van der Waals surface area contributed by atoms with Crippen molar-refractivity contribution in [1.29, 1.82) is 0 Å². The van der Waals surface area contributed by atoms with Gasteiger partial charge in [0.25, 0.3) is 5.91 Å². The fourth-order valence-electron chi connectivity index (χ4n) is 2.58. The number of H-pyrrole nitrogens is 1. The monoisotopic (exact) mass is 289 g/mol. The Labute approximate surface area is 122 Å². The minimum absolute atomic E-state index is 0.00261. The van der Waals surface area contributed by atoms with Crippen molar-refractivity contribution in [3.05, 3.63) is 35.2 Å². The minimum Gasteiger partial charge on any atom is -0.367 e. The number of amides is 1. The third-order valence-electron chi connectivity index (χ3n) is 3.63. The lowest BCUT2D eigenvalue weighted by Crippen LogP contribution is -2.42. The highest BCUT2D eigenvalue weighted by molar-refractivity contribution is 5.95. The lowest BCUT2D eigenvalue weighted by atomic mass is 10.2. The van der Waals surface area contributed by atoms with Crippen LogP contribution in [0.5, 0.6) is 0 Å². The summed E-state index contributed by atoms with van der Waals surface area (Å²) >= 11 is 0. The normalized spacial score (nSPS) is 19.0. The molecule has 0 radical (unpaired) electrons. The summed E-state index contributed by atoms with van der Waals surface area (Å²) in [5.41, 5.74) is 2.38. The van der Waals surface area contributed by atoms with Gasteiger partial charge in [0, 0.05) is 31.7 Å². The highest BCUT2D eigenvalue weighted by atomic mass is 16.5. The zero-order valence-electron chi connectivity index (χ0n) is 12.5. The summed E-state index contributed by atoms with van der Waals surface area (Å²) in [6.07, 6.45) is 3.33. The summed E-state index contributed by atoms with van der Waals surface area (Å²) in [5.74, 6) is 0.769. The Morgan fingerprint density at radius 1 is 1.48 bits per heavy atom. The predicted molar refractivity (Wildman–Crippen MR) is 75.9 cm³/mol. The van der Waals surface area contributed by atoms with Gasteiger partial charge in [0.1, 0.15) is 11.9 Å². The molecule has 0 saturated carbocycles. The van der Waals surface area contributed by atoms with Crippen LogP contribution >= 0.6 is 0 Å². The first-order valence-electron chi connectivity index (χ1n) is 6.97. The molecule has 0 bridgehead atoms. The van der Waals surface area contributed by atoms with Crippen LogP contribution in [-0.2, 0) is 11.8 Å². The SMILES string of the molecule is Cc1cnc([C@H]2CN(C(=O)c3cn(C)nc3C)CCO2)[nH]1. The standard InChI is InChI=1S/C14H19N5O2/c1-9-6-15-13(16-9)12-8-19(4-5-21-12)14(20)11-7-18(3)17-10(11)2/h6-7,12H,4-5,8H2,1-3H3,(H,15,16)/t12-/m1/s1. The van der Waals surface area contributed by atoms with Gasteiger partial charge in [-0.05, 0) is 13.8 Å².